The highest BCUT2D eigenvalue weighted by atomic mass is 79.9. The zero-order chi connectivity index (χ0) is 12.4. The lowest BCUT2D eigenvalue weighted by molar-refractivity contribution is -0.385. The molecule has 0 bridgehead atoms. The van der Waals surface area contributed by atoms with Gasteiger partial charge in [0.2, 0.25) is 5.13 Å². The van der Waals surface area contributed by atoms with Gasteiger partial charge >= 0.3 is 0 Å². The molecule has 0 amide bonds. The van der Waals surface area contributed by atoms with Crippen LogP contribution in [-0.2, 0) is 6.42 Å². The number of hydrogen-bond donors (Lipinski definition) is 1. The van der Waals surface area contributed by atoms with Crippen LogP contribution in [0.4, 0.5) is 10.8 Å². The first-order valence-corrected chi connectivity index (χ1v) is 6.18. The predicted octanol–water partition coefficient (Wildman–Crippen LogP) is 2.38. The van der Waals surface area contributed by atoms with Gasteiger partial charge in [0, 0.05) is 22.5 Å². The highest BCUT2D eigenvalue weighted by Crippen LogP contribution is 2.26. The van der Waals surface area contributed by atoms with Gasteiger partial charge in [-0.25, -0.2) is 0 Å². The van der Waals surface area contributed by atoms with Gasteiger partial charge in [-0.2, -0.15) is 0 Å². The maximum atomic E-state index is 10.9. The summed E-state index contributed by atoms with van der Waals surface area (Å²) in [6, 6.07) is 4.92. The van der Waals surface area contributed by atoms with Crippen LogP contribution in [0.1, 0.15) is 10.6 Å². The van der Waals surface area contributed by atoms with Gasteiger partial charge in [0.1, 0.15) is 5.01 Å². The number of anilines is 1. The Hall–Kier alpha value is -1.54. The monoisotopic (exact) mass is 314 g/mol. The molecule has 2 N–H and O–H groups in total. The predicted molar refractivity (Wildman–Crippen MR) is 67.9 cm³/mol. The molecule has 0 radical (unpaired) electrons. The number of hydrogen-bond acceptors (Lipinski definition) is 6. The number of benzene rings is 1. The summed E-state index contributed by atoms with van der Waals surface area (Å²) in [7, 11) is 0. The smallest absolute Gasteiger partial charge is 0.274 e. The zero-order valence-electron chi connectivity index (χ0n) is 8.46. The number of aromatic nitrogens is 2. The second-order valence-corrected chi connectivity index (χ2v) is 5.25. The molecule has 0 saturated carbocycles. The van der Waals surface area contributed by atoms with Crippen molar-refractivity contribution in [2.75, 3.05) is 5.73 Å². The molecule has 8 heteroatoms. The van der Waals surface area contributed by atoms with Crippen LogP contribution in [0.2, 0.25) is 0 Å². The normalized spacial score (nSPS) is 10.4. The summed E-state index contributed by atoms with van der Waals surface area (Å²) in [5.41, 5.74) is 6.11. The number of nitrogens with zero attached hydrogens (tertiary/aromatic N) is 3. The van der Waals surface area contributed by atoms with Crippen molar-refractivity contribution in [1.82, 2.24) is 10.2 Å². The number of nitro benzene ring substituents is 1. The quantitative estimate of drug-likeness (QED) is 0.693. The lowest BCUT2D eigenvalue weighted by Gasteiger charge is -2.00. The molecule has 17 heavy (non-hydrogen) atoms. The maximum absolute atomic E-state index is 10.9. The third-order valence-corrected chi connectivity index (χ3v) is 3.31. The third-order valence-electron chi connectivity index (χ3n) is 2.07. The molecule has 1 heterocycles. The van der Waals surface area contributed by atoms with Crippen LogP contribution < -0.4 is 5.73 Å². The molecule has 1 aromatic carbocycles. The molecule has 0 aliphatic carbocycles. The van der Waals surface area contributed by atoms with Crippen molar-refractivity contribution < 1.29 is 4.92 Å². The molecule has 6 nitrogen and oxygen atoms in total. The minimum atomic E-state index is -0.412. The van der Waals surface area contributed by atoms with E-state index in [2.05, 4.69) is 26.1 Å². The van der Waals surface area contributed by atoms with Crippen LogP contribution in [-0.4, -0.2) is 15.1 Å². The number of nitrogens with two attached hydrogens (primary N) is 1. The van der Waals surface area contributed by atoms with E-state index in [1.807, 2.05) is 0 Å². The van der Waals surface area contributed by atoms with Crippen LogP contribution in [0, 0.1) is 10.1 Å². The van der Waals surface area contributed by atoms with Gasteiger partial charge in [-0.1, -0.05) is 33.3 Å². The first-order chi connectivity index (χ1) is 8.06. The summed E-state index contributed by atoms with van der Waals surface area (Å²) in [6.45, 7) is 0. The molecule has 2 rings (SSSR count). The van der Waals surface area contributed by atoms with Crippen LogP contribution >= 0.6 is 27.3 Å². The molecule has 0 saturated heterocycles. The summed E-state index contributed by atoms with van der Waals surface area (Å²) in [5.74, 6) is 0. The Morgan fingerprint density at radius 2 is 2.24 bits per heavy atom. The van der Waals surface area contributed by atoms with Crippen molar-refractivity contribution in [2.24, 2.45) is 0 Å². The standard InChI is InChI=1S/C9H7BrN4O2S/c10-6-2-1-5(7(4-6)14(15)16)3-8-12-13-9(11)17-8/h1-2,4H,3H2,(H2,11,13). The molecule has 0 fully saturated rings. The zero-order valence-corrected chi connectivity index (χ0v) is 10.9. The van der Waals surface area contributed by atoms with Crippen molar-refractivity contribution in [3.05, 3.63) is 43.4 Å². The van der Waals surface area contributed by atoms with Gasteiger partial charge in [-0.15, -0.1) is 10.2 Å². The number of halogens is 1. The molecule has 2 aromatic rings. The van der Waals surface area contributed by atoms with E-state index in [9.17, 15) is 10.1 Å². The van der Waals surface area contributed by atoms with Crippen molar-refractivity contribution in [3.63, 3.8) is 0 Å². The van der Waals surface area contributed by atoms with Crippen LogP contribution in [0.3, 0.4) is 0 Å². The average molecular weight is 315 g/mol. The lowest BCUT2D eigenvalue weighted by Crippen LogP contribution is -1.96. The fourth-order valence-electron chi connectivity index (χ4n) is 1.36. The number of nitrogen functional groups attached to an aromatic ring is 1. The van der Waals surface area contributed by atoms with E-state index < -0.39 is 4.92 Å². The van der Waals surface area contributed by atoms with Crippen molar-refractivity contribution in [1.29, 1.82) is 0 Å². The van der Waals surface area contributed by atoms with Gasteiger partial charge < -0.3 is 5.73 Å². The average Bonchev–Trinajstić information content (AvgIpc) is 2.66. The molecular weight excluding hydrogens is 308 g/mol. The van der Waals surface area contributed by atoms with E-state index in [0.717, 1.165) is 0 Å². The minimum absolute atomic E-state index is 0.0631. The second-order valence-electron chi connectivity index (χ2n) is 3.24. The number of rotatable bonds is 3. The first-order valence-electron chi connectivity index (χ1n) is 4.57. The summed E-state index contributed by atoms with van der Waals surface area (Å²) >= 11 is 4.43. The largest absolute Gasteiger partial charge is 0.374 e. The summed E-state index contributed by atoms with van der Waals surface area (Å²) in [4.78, 5) is 10.5. The summed E-state index contributed by atoms with van der Waals surface area (Å²) in [5, 5.41) is 19.4. The highest BCUT2D eigenvalue weighted by molar-refractivity contribution is 9.10. The van der Waals surface area contributed by atoms with Gasteiger partial charge in [-0.05, 0) is 6.07 Å². The van der Waals surface area contributed by atoms with E-state index in [-0.39, 0.29) is 5.69 Å². The van der Waals surface area contributed by atoms with Crippen LogP contribution in [0.25, 0.3) is 0 Å². The van der Waals surface area contributed by atoms with Gasteiger partial charge in [-0.3, -0.25) is 10.1 Å². The fraction of sp³-hybridized carbons (Fsp3) is 0.111. The first kappa shape index (κ1) is 11.9. The fourth-order valence-corrected chi connectivity index (χ4v) is 2.34. The molecule has 0 spiro atoms. The van der Waals surface area contributed by atoms with Gasteiger partial charge in [0.05, 0.1) is 4.92 Å². The molecule has 0 aliphatic heterocycles. The SMILES string of the molecule is Nc1nnc(Cc2ccc(Br)cc2[N+](=O)[O-])s1. The second kappa shape index (κ2) is 4.76. The summed E-state index contributed by atoms with van der Waals surface area (Å²) in [6.07, 6.45) is 0.360. The Balaban J connectivity index is 2.35. The van der Waals surface area contributed by atoms with E-state index >= 15 is 0 Å². The molecule has 88 valence electrons. The van der Waals surface area contributed by atoms with Crippen molar-refractivity contribution >= 4 is 38.1 Å². The Morgan fingerprint density at radius 1 is 1.47 bits per heavy atom. The molecule has 0 atom stereocenters. The lowest BCUT2D eigenvalue weighted by atomic mass is 10.1. The highest BCUT2D eigenvalue weighted by Gasteiger charge is 2.15. The topological polar surface area (TPSA) is 94.9 Å². The molecule has 0 unspecified atom stereocenters. The van der Waals surface area contributed by atoms with E-state index in [1.165, 1.54) is 17.4 Å². The third kappa shape index (κ3) is 2.77. The molecule has 0 aliphatic rings. The van der Waals surface area contributed by atoms with Gasteiger partial charge in [0.15, 0.2) is 0 Å². The Labute approximate surface area is 109 Å². The Morgan fingerprint density at radius 3 is 2.82 bits per heavy atom. The summed E-state index contributed by atoms with van der Waals surface area (Å²) < 4.78 is 0.671. The maximum Gasteiger partial charge on any atom is 0.274 e. The van der Waals surface area contributed by atoms with E-state index in [0.29, 0.717) is 26.6 Å². The van der Waals surface area contributed by atoms with E-state index in [1.54, 1.807) is 12.1 Å². The van der Waals surface area contributed by atoms with Crippen molar-refractivity contribution in [3.8, 4) is 0 Å². The van der Waals surface area contributed by atoms with Crippen molar-refractivity contribution in [2.45, 2.75) is 6.42 Å². The Kier molecular flexibility index (Phi) is 3.34. The van der Waals surface area contributed by atoms with Crippen LogP contribution in [0.5, 0.6) is 0 Å². The van der Waals surface area contributed by atoms with E-state index in [4.69, 9.17) is 5.73 Å². The van der Waals surface area contributed by atoms with Crippen LogP contribution in [0.15, 0.2) is 22.7 Å². The van der Waals surface area contributed by atoms with Gasteiger partial charge in [0.25, 0.3) is 5.69 Å². The number of nitro groups is 1. The molecular formula is C9H7BrN4O2S. The molecule has 1 aromatic heterocycles. The minimum Gasteiger partial charge on any atom is -0.374 e. The Bertz CT molecular complexity index is 572.